The van der Waals surface area contributed by atoms with E-state index in [9.17, 15) is 0 Å². The second-order valence-electron chi connectivity index (χ2n) is 5.99. The number of anilines is 1. The van der Waals surface area contributed by atoms with E-state index in [1.54, 1.807) is 0 Å². The lowest BCUT2D eigenvalue weighted by Crippen LogP contribution is -2.03. The first-order valence-electron chi connectivity index (χ1n) is 8.76. The van der Waals surface area contributed by atoms with E-state index in [0.717, 1.165) is 37.8 Å². The van der Waals surface area contributed by atoms with Gasteiger partial charge in [0.2, 0.25) is 0 Å². The molecule has 0 bridgehead atoms. The molecule has 0 saturated carbocycles. The van der Waals surface area contributed by atoms with Crippen LogP contribution >= 0.6 is 27.5 Å². The molecule has 0 aliphatic rings. The van der Waals surface area contributed by atoms with Crippen molar-refractivity contribution in [1.82, 2.24) is 0 Å². The number of hydrogen-bond acceptors (Lipinski definition) is 3. The van der Waals surface area contributed by atoms with Crippen molar-refractivity contribution in [2.75, 3.05) is 11.9 Å². The predicted octanol–water partition coefficient (Wildman–Crippen LogP) is 6.69. The number of hydrogen-bond donors (Lipinski definition) is 1. The zero-order valence-electron chi connectivity index (χ0n) is 15.0. The van der Waals surface area contributed by atoms with Crippen molar-refractivity contribution in [2.24, 2.45) is 0 Å². The highest BCUT2D eigenvalue weighted by Gasteiger charge is 2.07. The lowest BCUT2D eigenvalue weighted by Gasteiger charge is -2.14. The molecule has 0 spiro atoms. The summed E-state index contributed by atoms with van der Waals surface area (Å²) in [5.74, 6) is 1.49. The highest BCUT2D eigenvalue weighted by molar-refractivity contribution is 9.10. The quantitative estimate of drug-likeness (QED) is 0.418. The van der Waals surface area contributed by atoms with E-state index in [1.165, 1.54) is 0 Å². The summed E-state index contributed by atoms with van der Waals surface area (Å²) in [6, 6.07) is 21.8. The van der Waals surface area contributed by atoms with E-state index in [0.29, 0.717) is 19.8 Å². The molecule has 0 fully saturated rings. The highest BCUT2D eigenvalue weighted by Crippen LogP contribution is 2.30. The number of rotatable bonds is 8. The molecule has 0 heterocycles. The Morgan fingerprint density at radius 3 is 2.26 bits per heavy atom. The van der Waals surface area contributed by atoms with E-state index in [2.05, 4.69) is 21.2 Å². The zero-order valence-corrected chi connectivity index (χ0v) is 17.4. The average molecular weight is 447 g/mol. The maximum Gasteiger partial charge on any atom is 0.161 e. The Labute approximate surface area is 173 Å². The van der Waals surface area contributed by atoms with Gasteiger partial charge in [0.15, 0.2) is 11.5 Å². The Kier molecular flexibility index (Phi) is 7.02. The van der Waals surface area contributed by atoms with Gasteiger partial charge in [-0.3, -0.25) is 0 Å². The molecule has 140 valence electrons. The first-order valence-corrected chi connectivity index (χ1v) is 9.93. The summed E-state index contributed by atoms with van der Waals surface area (Å²) in [5, 5.41) is 4.13. The van der Waals surface area contributed by atoms with E-state index in [1.807, 2.05) is 73.7 Å². The van der Waals surface area contributed by atoms with Gasteiger partial charge >= 0.3 is 0 Å². The Morgan fingerprint density at radius 1 is 0.852 bits per heavy atom. The average Bonchev–Trinajstić information content (AvgIpc) is 2.68. The summed E-state index contributed by atoms with van der Waals surface area (Å²) in [6.45, 7) is 3.73. The third-order valence-corrected chi connectivity index (χ3v) is 4.74. The minimum Gasteiger partial charge on any atom is -0.490 e. The lowest BCUT2D eigenvalue weighted by atomic mass is 10.2. The van der Waals surface area contributed by atoms with Crippen molar-refractivity contribution in [2.45, 2.75) is 20.1 Å². The van der Waals surface area contributed by atoms with Gasteiger partial charge in [-0.25, -0.2) is 0 Å². The molecule has 3 aromatic carbocycles. The van der Waals surface area contributed by atoms with Gasteiger partial charge in [0.05, 0.1) is 6.61 Å². The van der Waals surface area contributed by atoms with Crippen molar-refractivity contribution in [1.29, 1.82) is 0 Å². The Bertz CT molecular complexity index is 866. The SMILES string of the molecule is CCOc1cc(CNc2ccc(Br)cc2)ccc1OCc1ccc(Cl)cc1. The summed E-state index contributed by atoms with van der Waals surface area (Å²) in [7, 11) is 0. The van der Waals surface area contributed by atoms with Gasteiger partial charge in [-0.2, -0.15) is 0 Å². The lowest BCUT2D eigenvalue weighted by molar-refractivity contribution is 0.269. The van der Waals surface area contributed by atoms with Crippen LogP contribution in [0.25, 0.3) is 0 Å². The van der Waals surface area contributed by atoms with E-state index >= 15 is 0 Å². The molecule has 0 atom stereocenters. The van der Waals surface area contributed by atoms with Gasteiger partial charge in [0, 0.05) is 21.7 Å². The maximum atomic E-state index is 5.95. The molecule has 0 aliphatic carbocycles. The molecular formula is C22H21BrClNO2. The third-order valence-electron chi connectivity index (χ3n) is 3.96. The number of halogens is 2. The van der Waals surface area contributed by atoms with E-state index < -0.39 is 0 Å². The summed E-state index contributed by atoms with van der Waals surface area (Å²) in [5.41, 5.74) is 3.25. The van der Waals surface area contributed by atoms with Gasteiger partial charge in [0.25, 0.3) is 0 Å². The fourth-order valence-corrected chi connectivity index (χ4v) is 2.95. The predicted molar refractivity (Wildman–Crippen MR) is 115 cm³/mol. The van der Waals surface area contributed by atoms with Gasteiger partial charge in [0.1, 0.15) is 6.61 Å². The molecular weight excluding hydrogens is 426 g/mol. The molecule has 0 aromatic heterocycles. The van der Waals surface area contributed by atoms with Gasteiger partial charge in [-0.05, 0) is 66.6 Å². The molecule has 3 aromatic rings. The van der Waals surface area contributed by atoms with Crippen molar-refractivity contribution in [3.63, 3.8) is 0 Å². The van der Waals surface area contributed by atoms with Crippen LogP contribution in [0, 0.1) is 0 Å². The standard InChI is InChI=1S/C22H21BrClNO2/c1-2-26-22-13-17(14-25-20-10-6-18(23)7-11-20)5-12-21(22)27-15-16-3-8-19(24)9-4-16/h3-13,25H,2,14-15H2,1H3. The van der Waals surface area contributed by atoms with E-state index in [4.69, 9.17) is 21.1 Å². The van der Waals surface area contributed by atoms with Crippen molar-refractivity contribution < 1.29 is 9.47 Å². The molecule has 1 N–H and O–H groups in total. The second kappa shape index (κ2) is 9.67. The largest absolute Gasteiger partial charge is 0.490 e. The van der Waals surface area contributed by atoms with Crippen LogP contribution in [0.4, 0.5) is 5.69 Å². The van der Waals surface area contributed by atoms with Crippen LogP contribution in [0.15, 0.2) is 71.2 Å². The topological polar surface area (TPSA) is 30.5 Å². The van der Waals surface area contributed by atoms with E-state index in [-0.39, 0.29) is 0 Å². The van der Waals surface area contributed by atoms with Crippen LogP contribution < -0.4 is 14.8 Å². The van der Waals surface area contributed by atoms with Crippen LogP contribution in [0.2, 0.25) is 5.02 Å². The van der Waals surface area contributed by atoms with Gasteiger partial charge in [-0.15, -0.1) is 0 Å². The first-order chi connectivity index (χ1) is 13.1. The van der Waals surface area contributed by atoms with Crippen LogP contribution in [0.3, 0.4) is 0 Å². The molecule has 0 saturated heterocycles. The van der Waals surface area contributed by atoms with Crippen molar-refractivity contribution in [3.8, 4) is 11.5 Å². The molecule has 3 rings (SSSR count). The molecule has 0 unspecified atom stereocenters. The summed E-state index contributed by atoms with van der Waals surface area (Å²) in [6.07, 6.45) is 0. The summed E-state index contributed by atoms with van der Waals surface area (Å²) < 4.78 is 12.8. The molecule has 0 aliphatic heterocycles. The molecule has 0 amide bonds. The minimum atomic E-state index is 0.466. The second-order valence-corrected chi connectivity index (χ2v) is 7.34. The van der Waals surface area contributed by atoms with Gasteiger partial charge in [-0.1, -0.05) is 45.7 Å². The van der Waals surface area contributed by atoms with Crippen LogP contribution in [0.1, 0.15) is 18.1 Å². The minimum absolute atomic E-state index is 0.466. The van der Waals surface area contributed by atoms with Gasteiger partial charge < -0.3 is 14.8 Å². The monoisotopic (exact) mass is 445 g/mol. The smallest absolute Gasteiger partial charge is 0.161 e. The van der Waals surface area contributed by atoms with Crippen molar-refractivity contribution in [3.05, 3.63) is 87.4 Å². The Morgan fingerprint density at radius 2 is 1.56 bits per heavy atom. The zero-order chi connectivity index (χ0) is 19.1. The normalized spacial score (nSPS) is 10.5. The first kappa shape index (κ1) is 19.6. The fourth-order valence-electron chi connectivity index (χ4n) is 2.56. The maximum absolute atomic E-state index is 5.95. The number of nitrogens with one attached hydrogen (secondary N) is 1. The molecule has 5 heteroatoms. The van der Waals surface area contributed by atoms with Crippen molar-refractivity contribution >= 4 is 33.2 Å². The Hall–Kier alpha value is -2.17. The number of benzene rings is 3. The van der Waals surface area contributed by atoms with Crippen LogP contribution in [-0.4, -0.2) is 6.61 Å². The molecule has 3 nitrogen and oxygen atoms in total. The third kappa shape index (κ3) is 5.91. The van der Waals surface area contributed by atoms with Crippen LogP contribution in [0.5, 0.6) is 11.5 Å². The fraction of sp³-hybridized carbons (Fsp3) is 0.182. The van der Waals surface area contributed by atoms with Crippen LogP contribution in [-0.2, 0) is 13.2 Å². The molecule has 27 heavy (non-hydrogen) atoms. The number of ether oxygens (including phenoxy) is 2. The summed E-state index contributed by atoms with van der Waals surface area (Å²) in [4.78, 5) is 0. The highest BCUT2D eigenvalue weighted by atomic mass is 79.9. The molecule has 0 radical (unpaired) electrons. The Balaban J connectivity index is 1.66. The summed E-state index contributed by atoms with van der Waals surface area (Å²) >= 11 is 9.37.